The fraction of sp³-hybridized carbons (Fsp3) is 0.533. The Morgan fingerprint density at radius 1 is 1.32 bits per heavy atom. The van der Waals surface area contributed by atoms with Gasteiger partial charge in [-0.25, -0.2) is 4.79 Å². The molecule has 1 aromatic rings. The third-order valence-electron chi connectivity index (χ3n) is 4.06. The zero-order valence-electron chi connectivity index (χ0n) is 13.0. The molecule has 0 bridgehead atoms. The van der Waals surface area contributed by atoms with E-state index in [1.807, 2.05) is 0 Å². The molecule has 2 N–H and O–H groups in total. The number of carbonyl (C=O) groups excluding carboxylic acids is 1. The quantitative estimate of drug-likeness (QED) is 0.660. The fourth-order valence-corrected chi connectivity index (χ4v) is 2.87. The molecular weight excluding hydrogens is 286 g/mol. The Balaban J connectivity index is 2.08. The summed E-state index contributed by atoms with van der Waals surface area (Å²) < 4.78 is 5.33. The van der Waals surface area contributed by atoms with Gasteiger partial charge in [0.25, 0.3) is 5.69 Å². The van der Waals surface area contributed by atoms with Gasteiger partial charge in [0, 0.05) is 18.7 Å². The SMILES string of the molecule is COC1CCCC1NC(=O)Nc1cc([N+](=O)[O-])c(C)cc1C. The minimum Gasteiger partial charge on any atom is -0.379 e. The van der Waals surface area contributed by atoms with Crippen LogP contribution in [0.1, 0.15) is 30.4 Å². The van der Waals surface area contributed by atoms with E-state index in [-0.39, 0.29) is 23.9 Å². The molecule has 0 spiro atoms. The number of hydrogen-bond acceptors (Lipinski definition) is 4. The first-order chi connectivity index (χ1) is 10.4. The summed E-state index contributed by atoms with van der Waals surface area (Å²) in [4.78, 5) is 22.6. The van der Waals surface area contributed by atoms with E-state index in [4.69, 9.17) is 4.74 Å². The molecule has 0 aliphatic heterocycles. The molecule has 22 heavy (non-hydrogen) atoms. The lowest BCUT2D eigenvalue weighted by molar-refractivity contribution is -0.385. The van der Waals surface area contributed by atoms with Crippen LogP contribution in [0.15, 0.2) is 12.1 Å². The molecule has 0 aromatic heterocycles. The molecule has 0 saturated heterocycles. The van der Waals surface area contributed by atoms with Crippen LogP contribution in [0.2, 0.25) is 0 Å². The van der Waals surface area contributed by atoms with Gasteiger partial charge in [-0.15, -0.1) is 0 Å². The topological polar surface area (TPSA) is 93.5 Å². The van der Waals surface area contributed by atoms with Gasteiger partial charge in [0.05, 0.1) is 22.8 Å². The maximum Gasteiger partial charge on any atom is 0.319 e. The van der Waals surface area contributed by atoms with Gasteiger partial charge in [-0.3, -0.25) is 10.1 Å². The van der Waals surface area contributed by atoms with Crippen molar-refractivity contribution in [3.05, 3.63) is 33.4 Å². The van der Waals surface area contributed by atoms with Crippen LogP contribution in [0.25, 0.3) is 0 Å². The zero-order chi connectivity index (χ0) is 16.3. The molecule has 1 aliphatic carbocycles. The van der Waals surface area contributed by atoms with Gasteiger partial charge < -0.3 is 15.4 Å². The molecule has 2 rings (SSSR count). The Hall–Kier alpha value is -2.15. The van der Waals surface area contributed by atoms with E-state index in [0.29, 0.717) is 11.3 Å². The Bertz CT molecular complexity index is 588. The van der Waals surface area contributed by atoms with Crippen LogP contribution in [-0.2, 0) is 4.74 Å². The van der Waals surface area contributed by atoms with Gasteiger partial charge in [-0.1, -0.05) is 0 Å². The Morgan fingerprint density at radius 3 is 2.68 bits per heavy atom. The van der Waals surface area contributed by atoms with Crippen LogP contribution in [0.4, 0.5) is 16.2 Å². The van der Waals surface area contributed by atoms with Crippen LogP contribution in [0.3, 0.4) is 0 Å². The number of amides is 2. The number of urea groups is 1. The predicted octanol–water partition coefficient (Wildman–Crippen LogP) is 2.90. The van der Waals surface area contributed by atoms with E-state index in [1.54, 1.807) is 27.0 Å². The smallest absolute Gasteiger partial charge is 0.319 e. The molecule has 0 heterocycles. The first-order valence-corrected chi connectivity index (χ1v) is 7.28. The highest BCUT2D eigenvalue weighted by Gasteiger charge is 2.28. The van der Waals surface area contributed by atoms with Crippen molar-refractivity contribution in [1.82, 2.24) is 5.32 Å². The molecule has 1 aromatic carbocycles. The Labute approximate surface area is 129 Å². The van der Waals surface area contributed by atoms with Gasteiger partial charge in [0.2, 0.25) is 0 Å². The van der Waals surface area contributed by atoms with Crippen molar-refractivity contribution in [3.63, 3.8) is 0 Å². The maximum absolute atomic E-state index is 12.1. The van der Waals surface area contributed by atoms with Crippen LogP contribution >= 0.6 is 0 Å². The summed E-state index contributed by atoms with van der Waals surface area (Å²) in [5.74, 6) is 0. The van der Waals surface area contributed by atoms with Crippen molar-refractivity contribution in [1.29, 1.82) is 0 Å². The Morgan fingerprint density at radius 2 is 2.05 bits per heavy atom. The third-order valence-corrected chi connectivity index (χ3v) is 4.06. The second kappa shape index (κ2) is 6.74. The summed E-state index contributed by atoms with van der Waals surface area (Å²) in [7, 11) is 1.63. The van der Waals surface area contributed by atoms with Crippen molar-refractivity contribution in [2.45, 2.75) is 45.3 Å². The first kappa shape index (κ1) is 16.2. The third kappa shape index (κ3) is 3.54. The zero-order valence-corrected chi connectivity index (χ0v) is 13.0. The Kier molecular flexibility index (Phi) is 4.97. The highest BCUT2D eigenvalue weighted by Crippen LogP contribution is 2.26. The van der Waals surface area contributed by atoms with Crippen molar-refractivity contribution in [2.24, 2.45) is 0 Å². The molecule has 120 valence electrons. The largest absolute Gasteiger partial charge is 0.379 e. The van der Waals surface area contributed by atoms with Crippen molar-refractivity contribution in [3.8, 4) is 0 Å². The molecule has 2 atom stereocenters. The van der Waals surface area contributed by atoms with E-state index in [9.17, 15) is 14.9 Å². The summed E-state index contributed by atoms with van der Waals surface area (Å²) >= 11 is 0. The minimum atomic E-state index is -0.449. The second-order valence-corrected chi connectivity index (χ2v) is 5.62. The lowest BCUT2D eigenvalue weighted by Crippen LogP contribution is -2.43. The number of nitrogens with one attached hydrogen (secondary N) is 2. The van der Waals surface area contributed by atoms with Gasteiger partial charge >= 0.3 is 6.03 Å². The minimum absolute atomic E-state index is 0.00321. The van der Waals surface area contributed by atoms with E-state index in [1.165, 1.54) is 6.07 Å². The van der Waals surface area contributed by atoms with Crippen LogP contribution in [0.5, 0.6) is 0 Å². The number of aryl methyl sites for hydroxylation is 2. The number of methoxy groups -OCH3 is 1. The monoisotopic (exact) mass is 307 g/mol. The van der Waals surface area contributed by atoms with Gasteiger partial charge in [-0.2, -0.15) is 0 Å². The van der Waals surface area contributed by atoms with Gasteiger partial charge in [0.1, 0.15) is 0 Å². The van der Waals surface area contributed by atoms with Crippen molar-refractivity contribution >= 4 is 17.4 Å². The van der Waals surface area contributed by atoms with E-state index >= 15 is 0 Å². The van der Waals surface area contributed by atoms with E-state index < -0.39 is 4.92 Å². The number of anilines is 1. The standard InChI is InChI=1S/C15H21N3O4/c1-9-7-10(2)13(18(20)21)8-12(9)17-15(19)16-11-5-4-6-14(11)22-3/h7-8,11,14H,4-6H2,1-3H3,(H2,16,17,19). The summed E-state index contributed by atoms with van der Waals surface area (Å²) in [5.41, 5.74) is 1.80. The van der Waals surface area contributed by atoms with Gasteiger partial charge in [0.15, 0.2) is 0 Å². The van der Waals surface area contributed by atoms with Gasteiger partial charge in [-0.05, 0) is 44.7 Å². The highest BCUT2D eigenvalue weighted by atomic mass is 16.6. The number of nitro groups is 1. The predicted molar refractivity (Wildman–Crippen MR) is 83.2 cm³/mol. The number of rotatable bonds is 4. The lowest BCUT2D eigenvalue weighted by atomic mass is 10.1. The number of benzene rings is 1. The number of carbonyl (C=O) groups is 1. The lowest BCUT2D eigenvalue weighted by Gasteiger charge is -2.20. The summed E-state index contributed by atoms with van der Waals surface area (Å²) in [5, 5.41) is 16.6. The highest BCUT2D eigenvalue weighted by molar-refractivity contribution is 5.91. The fourth-order valence-electron chi connectivity index (χ4n) is 2.87. The molecule has 7 heteroatoms. The molecule has 1 aliphatic rings. The molecule has 2 unspecified atom stereocenters. The number of ether oxygens (including phenoxy) is 1. The number of nitrogens with zero attached hydrogens (tertiary/aromatic N) is 1. The summed E-state index contributed by atoms with van der Waals surface area (Å²) in [6.07, 6.45) is 2.84. The molecule has 7 nitrogen and oxygen atoms in total. The van der Waals surface area contributed by atoms with Crippen LogP contribution in [-0.4, -0.2) is 30.2 Å². The molecule has 1 fully saturated rings. The molecule has 0 radical (unpaired) electrons. The average molecular weight is 307 g/mol. The molecular formula is C15H21N3O4. The summed E-state index contributed by atoms with van der Waals surface area (Å²) in [6, 6.07) is 2.70. The van der Waals surface area contributed by atoms with Crippen LogP contribution in [0, 0.1) is 24.0 Å². The number of hydrogen-bond donors (Lipinski definition) is 2. The summed E-state index contributed by atoms with van der Waals surface area (Å²) in [6.45, 7) is 3.48. The maximum atomic E-state index is 12.1. The van der Waals surface area contributed by atoms with Crippen molar-refractivity contribution < 1.29 is 14.5 Å². The molecule has 1 saturated carbocycles. The number of nitro benzene ring substituents is 1. The van der Waals surface area contributed by atoms with Crippen molar-refractivity contribution in [2.75, 3.05) is 12.4 Å². The van der Waals surface area contributed by atoms with E-state index in [0.717, 1.165) is 24.8 Å². The normalized spacial score (nSPS) is 20.7. The average Bonchev–Trinajstić information content (AvgIpc) is 2.88. The molecule has 2 amide bonds. The first-order valence-electron chi connectivity index (χ1n) is 7.28. The van der Waals surface area contributed by atoms with Crippen LogP contribution < -0.4 is 10.6 Å². The second-order valence-electron chi connectivity index (χ2n) is 5.62. The van der Waals surface area contributed by atoms with E-state index in [2.05, 4.69) is 10.6 Å².